The maximum atomic E-state index is 12.4. The van der Waals surface area contributed by atoms with Crippen LogP contribution < -0.4 is 5.32 Å². The topological polar surface area (TPSA) is 32.3 Å². The van der Waals surface area contributed by atoms with Gasteiger partial charge < -0.3 is 10.2 Å². The minimum atomic E-state index is -0.0798. The van der Waals surface area contributed by atoms with Gasteiger partial charge in [-0.3, -0.25) is 4.79 Å². The van der Waals surface area contributed by atoms with Gasteiger partial charge in [-0.2, -0.15) is 0 Å². The number of halogens is 2. The first-order chi connectivity index (χ1) is 10.5. The third kappa shape index (κ3) is 4.44. The van der Waals surface area contributed by atoms with Crippen molar-refractivity contribution in [3.8, 4) is 0 Å². The molecule has 0 heterocycles. The summed E-state index contributed by atoms with van der Waals surface area (Å²) in [7, 11) is 4.02. The molecule has 0 aliphatic carbocycles. The fourth-order valence-electron chi connectivity index (χ4n) is 2.23. The lowest BCUT2D eigenvalue weighted by Crippen LogP contribution is -2.34. The van der Waals surface area contributed by atoms with Gasteiger partial charge in [0.05, 0.1) is 11.6 Å². The molecule has 3 nitrogen and oxygen atoms in total. The molecule has 0 spiro atoms. The number of carbonyl (C=O) groups is 1. The number of hydrogen-bond donors (Lipinski definition) is 1. The average molecular weight is 429 g/mol. The first-order valence-corrected chi connectivity index (χ1v) is 8.39. The zero-order valence-electron chi connectivity index (χ0n) is 12.5. The largest absolute Gasteiger partial charge is 0.350 e. The van der Waals surface area contributed by atoms with Crippen LogP contribution >= 0.6 is 34.2 Å². The summed E-state index contributed by atoms with van der Waals surface area (Å²) in [5, 5.41) is 3.65. The molecule has 0 aliphatic heterocycles. The van der Waals surface area contributed by atoms with E-state index in [0.717, 1.165) is 3.57 Å². The molecule has 1 amide bonds. The van der Waals surface area contributed by atoms with Crippen LogP contribution in [0.1, 0.15) is 22.0 Å². The molecule has 2 rings (SSSR count). The number of nitrogens with zero attached hydrogens (tertiary/aromatic N) is 1. The summed E-state index contributed by atoms with van der Waals surface area (Å²) in [6.07, 6.45) is 0. The second-order valence-corrected chi connectivity index (χ2v) is 6.82. The molecular weight excluding hydrogens is 411 g/mol. The molecule has 2 aromatic rings. The molecule has 0 fully saturated rings. The van der Waals surface area contributed by atoms with Crippen LogP contribution in [0.25, 0.3) is 0 Å². The summed E-state index contributed by atoms with van der Waals surface area (Å²) in [5.74, 6) is -0.0798. The minimum Gasteiger partial charge on any atom is -0.350 e. The predicted octanol–water partition coefficient (Wildman–Crippen LogP) is 3.98. The van der Waals surface area contributed by atoms with E-state index in [1.54, 1.807) is 18.2 Å². The SMILES string of the molecule is CN(C)C(CNC(=O)c1ccc(Cl)cc1I)c1ccccc1. The van der Waals surface area contributed by atoms with Crippen molar-refractivity contribution in [2.45, 2.75) is 6.04 Å². The van der Waals surface area contributed by atoms with Gasteiger partial charge in [-0.15, -0.1) is 0 Å². The molecule has 0 saturated heterocycles. The van der Waals surface area contributed by atoms with Crippen molar-refractivity contribution in [3.63, 3.8) is 0 Å². The Hall–Kier alpha value is -1.11. The molecule has 1 N–H and O–H groups in total. The van der Waals surface area contributed by atoms with Crippen LogP contribution in [-0.4, -0.2) is 31.4 Å². The zero-order valence-corrected chi connectivity index (χ0v) is 15.4. The van der Waals surface area contributed by atoms with E-state index < -0.39 is 0 Å². The van der Waals surface area contributed by atoms with E-state index >= 15 is 0 Å². The molecule has 1 unspecified atom stereocenters. The Balaban J connectivity index is 2.08. The highest BCUT2D eigenvalue weighted by molar-refractivity contribution is 14.1. The highest BCUT2D eigenvalue weighted by atomic mass is 127. The third-order valence-electron chi connectivity index (χ3n) is 3.44. The van der Waals surface area contributed by atoms with Crippen molar-refractivity contribution < 1.29 is 4.79 Å². The van der Waals surface area contributed by atoms with Crippen molar-refractivity contribution >= 4 is 40.1 Å². The van der Waals surface area contributed by atoms with Crippen LogP contribution in [0.3, 0.4) is 0 Å². The number of amides is 1. The summed E-state index contributed by atoms with van der Waals surface area (Å²) >= 11 is 8.06. The number of hydrogen-bond acceptors (Lipinski definition) is 2. The van der Waals surface area contributed by atoms with Crippen LogP contribution in [0.15, 0.2) is 48.5 Å². The molecular formula is C17H18ClIN2O. The summed E-state index contributed by atoms with van der Waals surface area (Å²) < 4.78 is 0.851. The minimum absolute atomic E-state index is 0.0798. The van der Waals surface area contributed by atoms with Gasteiger partial charge in [0.25, 0.3) is 5.91 Å². The van der Waals surface area contributed by atoms with E-state index in [1.807, 2.05) is 32.3 Å². The van der Waals surface area contributed by atoms with E-state index in [4.69, 9.17) is 11.6 Å². The molecule has 22 heavy (non-hydrogen) atoms. The van der Waals surface area contributed by atoms with Crippen molar-refractivity contribution in [2.75, 3.05) is 20.6 Å². The number of nitrogens with one attached hydrogen (secondary N) is 1. The third-order valence-corrected chi connectivity index (χ3v) is 4.57. The summed E-state index contributed by atoms with van der Waals surface area (Å²) in [6, 6.07) is 15.6. The van der Waals surface area contributed by atoms with Crippen molar-refractivity contribution in [1.29, 1.82) is 0 Å². The van der Waals surface area contributed by atoms with Crippen LogP contribution in [0, 0.1) is 3.57 Å². The maximum Gasteiger partial charge on any atom is 0.252 e. The Labute approximate surface area is 149 Å². The monoisotopic (exact) mass is 428 g/mol. The fraction of sp³-hybridized carbons (Fsp3) is 0.235. The quantitative estimate of drug-likeness (QED) is 0.731. The highest BCUT2D eigenvalue weighted by Crippen LogP contribution is 2.19. The second-order valence-electron chi connectivity index (χ2n) is 5.22. The van der Waals surface area contributed by atoms with E-state index in [9.17, 15) is 4.79 Å². The van der Waals surface area contributed by atoms with Gasteiger partial charge in [0.15, 0.2) is 0 Å². The zero-order chi connectivity index (χ0) is 16.1. The second kappa shape index (κ2) is 7.94. The Kier molecular flexibility index (Phi) is 6.23. The summed E-state index contributed by atoms with van der Waals surface area (Å²) in [5.41, 5.74) is 1.83. The average Bonchev–Trinajstić information content (AvgIpc) is 2.48. The van der Waals surface area contributed by atoms with E-state index in [0.29, 0.717) is 17.1 Å². The standard InChI is InChI=1S/C17H18ClIN2O/c1-21(2)16(12-6-4-3-5-7-12)11-20-17(22)14-9-8-13(18)10-15(14)19/h3-10,16H,11H2,1-2H3,(H,20,22). The van der Waals surface area contributed by atoms with E-state index in [2.05, 4.69) is 44.9 Å². The lowest BCUT2D eigenvalue weighted by atomic mass is 10.1. The van der Waals surface area contributed by atoms with Crippen LogP contribution in [0.4, 0.5) is 0 Å². The lowest BCUT2D eigenvalue weighted by molar-refractivity contribution is 0.0941. The van der Waals surface area contributed by atoms with Gasteiger partial charge in [0, 0.05) is 15.1 Å². The van der Waals surface area contributed by atoms with Crippen molar-refractivity contribution in [2.24, 2.45) is 0 Å². The fourth-order valence-corrected chi connectivity index (χ4v) is 3.35. The van der Waals surface area contributed by atoms with Gasteiger partial charge in [-0.05, 0) is 60.4 Å². The first kappa shape index (κ1) is 17.2. The molecule has 2 aromatic carbocycles. The molecule has 0 bridgehead atoms. The molecule has 0 aliphatic rings. The van der Waals surface area contributed by atoms with Gasteiger partial charge in [-0.1, -0.05) is 41.9 Å². The smallest absolute Gasteiger partial charge is 0.252 e. The molecule has 0 radical (unpaired) electrons. The van der Waals surface area contributed by atoms with Crippen LogP contribution in [0.2, 0.25) is 5.02 Å². The number of likely N-dealkylation sites (N-methyl/N-ethyl adjacent to an activating group) is 1. The summed E-state index contributed by atoms with van der Waals surface area (Å²) in [6.45, 7) is 0.550. The Morgan fingerprint density at radius 3 is 2.50 bits per heavy atom. The van der Waals surface area contributed by atoms with Crippen molar-refractivity contribution in [3.05, 3.63) is 68.3 Å². The van der Waals surface area contributed by atoms with E-state index in [-0.39, 0.29) is 11.9 Å². The van der Waals surface area contributed by atoms with Gasteiger partial charge in [0.2, 0.25) is 0 Å². The Morgan fingerprint density at radius 2 is 1.91 bits per heavy atom. The van der Waals surface area contributed by atoms with Crippen molar-refractivity contribution in [1.82, 2.24) is 10.2 Å². The molecule has 0 aromatic heterocycles. The predicted molar refractivity (Wildman–Crippen MR) is 99.4 cm³/mol. The lowest BCUT2D eigenvalue weighted by Gasteiger charge is -2.25. The van der Waals surface area contributed by atoms with Crippen LogP contribution in [-0.2, 0) is 0 Å². The van der Waals surface area contributed by atoms with E-state index in [1.165, 1.54) is 5.56 Å². The highest BCUT2D eigenvalue weighted by Gasteiger charge is 2.16. The maximum absolute atomic E-state index is 12.4. The van der Waals surface area contributed by atoms with Crippen LogP contribution in [0.5, 0.6) is 0 Å². The molecule has 1 atom stereocenters. The molecule has 116 valence electrons. The number of benzene rings is 2. The van der Waals surface area contributed by atoms with Gasteiger partial charge in [0.1, 0.15) is 0 Å². The first-order valence-electron chi connectivity index (χ1n) is 6.93. The normalized spacial score (nSPS) is 12.2. The summed E-state index contributed by atoms with van der Waals surface area (Å²) in [4.78, 5) is 14.5. The van der Waals surface area contributed by atoms with Gasteiger partial charge >= 0.3 is 0 Å². The van der Waals surface area contributed by atoms with Gasteiger partial charge in [-0.25, -0.2) is 0 Å². The molecule has 5 heteroatoms. The molecule has 0 saturated carbocycles. The Bertz CT molecular complexity index is 646. The number of rotatable bonds is 5. The Morgan fingerprint density at radius 1 is 1.23 bits per heavy atom. The number of carbonyl (C=O) groups excluding carboxylic acids is 1.